The number of aliphatic hydroxyl groups excluding tert-OH is 1. The van der Waals surface area contributed by atoms with E-state index in [1.165, 1.54) is 11.3 Å². The summed E-state index contributed by atoms with van der Waals surface area (Å²) in [6.45, 7) is 8.34. The molecule has 264 valence electrons. The van der Waals surface area contributed by atoms with Crippen molar-refractivity contribution in [3.05, 3.63) is 70.4 Å². The van der Waals surface area contributed by atoms with Gasteiger partial charge in [-0.3, -0.25) is 14.4 Å². The molecule has 2 aromatic carbocycles. The summed E-state index contributed by atoms with van der Waals surface area (Å²) in [5, 5.41) is 13.7. The zero-order chi connectivity index (χ0) is 34.9. The molecular weight excluding hydrogens is 755 g/mol. The highest BCUT2D eigenvalue weighted by Crippen LogP contribution is 2.33. The van der Waals surface area contributed by atoms with Gasteiger partial charge in [0.15, 0.2) is 0 Å². The number of alkyl halides is 1. The lowest BCUT2D eigenvalue weighted by molar-refractivity contribution is -0.143. The maximum absolute atomic E-state index is 14.1. The second kappa shape index (κ2) is 17.7. The number of fused-ring (bicyclic) bond motifs is 1. The molecule has 1 saturated heterocycles. The molecular formula is C37H47IN4O6S. The fourth-order valence-electron chi connectivity index (χ4n) is 6.50. The Hall–Kier alpha value is -3.07. The first kappa shape index (κ1) is 37.2. The second-order valence-corrected chi connectivity index (χ2v) is 15.0. The first-order valence-electron chi connectivity index (χ1n) is 17.1. The lowest BCUT2D eigenvalue weighted by Crippen LogP contribution is -2.55. The SMILES string of the molecule is Cc1ncsc1-c1ccc(CNC(=O)[C@@H]2C[C@@H](O)CN2C(=O)C(C(C)C)N2Cc3ccccc3C2=O)c(OCCCCOCCCCI)c1. The third-order valence-electron chi connectivity index (χ3n) is 9.08. The summed E-state index contributed by atoms with van der Waals surface area (Å²) in [4.78, 5) is 49.7. The van der Waals surface area contributed by atoms with Gasteiger partial charge in [-0.1, -0.05) is 66.8 Å². The van der Waals surface area contributed by atoms with Gasteiger partial charge in [0, 0.05) is 50.4 Å². The number of rotatable bonds is 17. The smallest absolute Gasteiger partial charge is 0.255 e. The van der Waals surface area contributed by atoms with Gasteiger partial charge in [0.25, 0.3) is 5.91 Å². The van der Waals surface area contributed by atoms with Gasteiger partial charge in [0.1, 0.15) is 17.8 Å². The van der Waals surface area contributed by atoms with Crippen LogP contribution in [-0.4, -0.2) is 86.6 Å². The van der Waals surface area contributed by atoms with Crippen LogP contribution in [0.25, 0.3) is 10.4 Å². The monoisotopic (exact) mass is 802 g/mol. The van der Waals surface area contributed by atoms with Gasteiger partial charge in [0.2, 0.25) is 11.8 Å². The summed E-state index contributed by atoms with van der Waals surface area (Å²) in [6.07, 6.45) is 3.26. The Bertz CT molecular complexity index is 1600. The van der Waals surface area contributed by atoms with E-state index in [0.717, 1.165) is 57.6 Å². The minimum absolute atomic E-state index is 0.0361. The van der Waals surface area contributed by atoms with Crippen LogP contribution in [-0.2, 0) is 27.4 Å². The Morgan fingerprint density at radius 1 is 1.10 bits per heavy atom. The number of hydrogen-bond donors (Lipinski definition) is 2. The number of β-amino-alcohol motifs (C(OH)–C–C–N with tert-alkyl or cyclic N) is 1. The van der Waals surface area contributed by atoms with E-state index in [9.17, 15) is 19.5 Å². The Morgan fingerprint density at radius 2 is 1.86 bits per heavy atom. The molecule has 0 saturated carbocycles. The van der Waals surface area contributed by atoms with Crippen LogP contribution in [0.2, 0.25) is 0 Å². The number of hydrogen-bond acceptors (Lipinski definition) is 8. The number of halogens is 1. The number of benzene rings is 2. The van der Waals surface area contributed by atoms with Crippen LogP contribution < -0.4 is 10.1 Å². The summed E-state index contributed by atoms with van der Waals surface area (Å²) >= 11 is 3.95. The number of aliphatic hydroxyl groups is 1. The first-order chi connectivity index (χ1) is 23.7. The van der Waals surface area contributed by atoms with E-state index < -0.39 is 18.2 Å². The number of carbonyl (C=O) groups excluding carboxylic acids is 3. The molecule has 2 N–H and O–H groups in total. The predicted molar refractivity (Wildman–Crippen MR) is 199 cm³/mol. The van der Waals surface area contributed by atoms with E-state index in [0.29, 0.717) is 31.1 Å². The molecule has 1 fully saturated rings. The van der Waals surface area contributed by atoms with Gasteiger partial charge in [-0.2, -0.15) is 0 Å². The average molecular weight is 803 g/mol. The Morgan fingerprint density at radius 3 is 2.57 bits per heavy atom. The molecule has 12 heteroatoms. The standard InChI is InChI=1S/C37H47IN4O6S/c1-24(2)33(42-21-28-10-4-5-11-30(28)36(42)45)37(46)41-22-29(43)19-31(41)35(44)39-20-27-13-12-26(34-25(3)40-23-49-34)18-32(27)48-17-9-8-16-47-15-7-6-14-38/h4-5,10-13,18,23-24,29,31,33,43H,6-9,14-17,19-22H2,1-3H3,(H,39,44)/t29-,31+,33?/m1/s1. The lowest BCUT2D eigenvalue weighted by Gasteiger charge is -2.35. The van der Waals surface area contributed by atoms with Crippen molar-refractivity contribution in [1.29, 1.82) is 0 Å². The van der Waals surface area contributed by atoms with Crippen molar-refractivity contribution in [1.82, 2.24) is 20.1 Å². The molecule has 1 aromatic heterocycles. The molecule has 0 radical (unpaired) electrons. The molecule has 10 nitrogen and oxygen atoms in total. The van der Waals surface area contributed by atoms with E-state index >= 15 is 0 Å². The molecule has 0 spiro atoms. The van der Waals surface area contributed by atoms with Crippen molar-refractivity contribution in [2.75, 3.05) is 30.8 Å². The Kier molecular flexibility index (Phi) is 13.5. The molecule has 3 aromatic rings. The second-order valence-electron chi connectivity index (χ2n) is 13.0. The number of nitrogens with zero attached hydrogens (tertiary/aromatic N) is 3. The number of thiazole rings is 1. The van der Waals surface area contributed by atoms with Crippen molar-refractivity contribution >= 4 is 51.6 Å². The van der Waals surface area contributed by atoms with Crippen molar-refractivity contribution in [3.63, 3.8) is 0 Å². The summed E-state index contributed by atoms with van der Waals surface area (Å²) in [7, 11) is 0. The molecule has 49 heavy (non-hydrogen) atoms. The molecule has 1 unspecified atom stereocenters. The van der Waals surface area contributed by atoms with Crippen LogP contribution in [0.3, 0.4) is 0 Å². The number of aromatic nitrogens is 1. The zero-order valence-corrected chi connectivity index (χ0v) is 31.5. The lowest BCUT2D eigenvalue weighted by atomic mass is 10.0. The predicted octanol–water partition coefficient (Wildman–Crippen LogP) is 5.77. The molecule has 2 aliphatic heterocycles. The van der Waals surface area contributed by atoms with Crippen molar-refractivity contribution in [2.24, 2.45) is 5.92 Å². The summed E-state index contributed by atoms with van der Waals surface area (Å²) in [5.41, 5.74) is 6.06. The number of ether oxygens (including phenoxy) is 2. The molecule has 3 heterocycles. The first-order valence-corrected chi connectivity index (χ1v) is 19.5. The number of likely N-dealkylation sites (tertiary alicyclic amines) is 1. The number of nitrogens with one attached hydrogen (secondary N) is 1. The highest BCUT2D eigenvalue weighted by molar-refractivity contribution is 14.1. The van der Waals surface area contributed by atoms with Gasteiger partial charge in [0.05, 0.1) is 28.8 Å². The topological polar surface area (TPSA) is 121 Å². The highest BCUT2D eigenvalue weighted by Gasteiger charge is 2.45. The zero-order valence-electron chi connectivity index (χ0n) is 28.5. The number of aryl methyl sites for hydroxylation is 1. The number of carbonyl (C=O) groups is 3. The largest absolute Gasteiger partial charge is 0.493 e. The molecule has 2 aliphatic rings. The third kappa shape index (κ3) is 9.19. The van der Waals surface area contributed by atoms with Crippen molar-refractivity contribution < 1.29 is 29.0 Å². The summed E-state index contributed by atoms with van der Waals surface area (Å²) < 4.78 is 13.2. The minimum Gasteiger partial charge on any atom is -0.493 e. The van der Waals surface area contributed by atoms with Gasteiger partial charge in [-0.15, -0.1) is 11.3 Å². The fourth-order valence-corrected chi connectivity index (χ4v) is 7.84. The minimum atomic E-state index is -0.857. The summed E-state index contributed by atoms with van der Waals surface area (Å²) in [5.74, 6) is -0.376. The maximum Gasteiger partial charge on any atom is 0.255 e. The van der Waals surface area contributed by atoms with Gasteiger partial charge >= 0.3 is 0 Å². The molecule has 3 amide bonds. The van der Waals surface area contributed by atoms with Crippen molar-refractivity contribution in [3.8, 4) is 16.2 Å². The fraction of sp³-hybridized carbons (Fsp3) is 0.514. The van der Waals surface area contributed by atoms with Crippen LogP contribution in [0, 0.1) is 12.8 Å². The molecule has 5 rings (SSSR count). The van der Waals surface area contributed by atoms with E-state index in [2.05, 4.69) is 32.9 Å². The molecule has 0 bridgehead atoms. The molecule has 0 aliphatic carbocycles. The van der Waals surface area contributed by atoms with Gasteiger partial charge < -0.3 is 29.7 Å². The van der Waals surface area contributed by atoms with Gasteiger partial charge in [-0.05, 0) is 66.2 Å². The highest BCUT2D eigenvalue weighted by atomic mass is 127. The quantitative estimate of drug-likeness (QED) is 0.101. The number of amides is 3. The van der Waals surface area contributed by atoms with Crippen molar-refractivity contribution in [2.45, 2.75) is 84.2 Å². The van der Waals surface area contributed by atoms with E-state index in [-0.39, 0.29) is 43.1 Å². The maximum atomic E-state index is 14.1. The van der Waals surface area contributed by atoms with Crippen LogP contribution >= 0.6 is 33.9 Å². The Balaban J connectivity index is 1.24. The van der Waals surface area contributed by atoms with E-state index in [1.54, 1.807) is 22.3 Å². The summed E-state index contributed by atoms with van der Waals surface area (Å²) in [6, 6.07) is 11.7. The third-order valence-corrected chi connectivity index (χ3v) is 10.8. The normalized spacial score (nSPS) is 17.9. The van der Waals surface area contributed by atoms with Gasteiger partial charge in [-0.25, -0.2) is 4.98 Å². The van der Waals surface area contributed by atoms with Crippen LogP contribution in [0.4, 0.5) is 0 Å². The molecule has 3 atom stereocenters. The van der Waals surface area contributed by atoms with Crippen LogP contribution in [0.5, 0.6) is 5.75 Å². The Labute approximate surface area is 306 Å². The van der Waals surface area contributed by atoms with E-state index in [1.807, 2.05) is 62.7 Å². The number of unbranched alkanes of at least 4 members (excludes halogenated alkanes) is 2. The van der Waals surface area contributed by atoms with Crippen LogP contribution in [0.15, 0.2) is 48.0 Å². The van der Waals surface area contributed by atoms with E-state index in [4.69, 9.17) is 9.47 Å². The average Bonchev–Trinajstić information content (AvgIpc) is 3.79. The van der Waals surface area contributed by atoms with Crippen LogP contribution in [0.1, 0.15) is 73.1 Å².